The Balaban J connectivity index is 1.67. The Morgan fingerprint density at radius 1 is 0.905 bits per heavy atom. The van der Waals surface area contributed by atoms with Crippen molar-refractivity contribution in [2.75, 3.05) is 0 Å². The second-order valence-electron chi connectivity index (χ2n) is 5.15. The number of hydrogen-bond acceptors (Lipinski definition) is 3. The van der Waals surface area contributed by atoms with Crippen LogP contribution in [0.1, 0.15) is 16.9 Å². The maximum absolute atomic E-state index is 5.68. The van der Waals surface area contributed by atoms with Gasteiger partial charge >= 0.3 is 0 Å². The highest BCUT2D eigenvalue weighted by atomic mass is 16.5. The van der Waals surface area contributed by atoms with E-state index >= 15 is 0 Å². The molecule has 3 nitrogen and oxygen atoms in total. The Bertz CT molecular complexity index is 712. The number of hydrogen-bond donors (Lipinski definition) is 0. The van der Waals surface area contributed by atoms with E-state index in [9.17, 15) is 0 Å². The zero-order chi connectivity index (χ0) is 14.7. The first-order valence-corrected chi connectivity index (χ1v) is 6.93. The summed E-state index contributed by atoms with van der Waals surface area (Å²) in [5.74, 6) is 1.54. The van der Waals surface area contributed by atoms with Crippen molar-refractivity contribution in [2.45, 2.75) is 20.5 Å². The van der Waals surface area contributed by atoms with Gasteiger partial charge in [0.05, 0.1) is 0 Å². The molecule has 0 aliphatic rings. The number of aromatic nitrogens is 1. The fraction of sp³-hybridized carbons (Fsp3) is 0.167. The standard InChI is InChI=1S/C18H17NO2/c1-13-3-7-15(8-4-13)18-11-17(21-19-18)12-20-16-9-5-14(2)6-10-16/h3-11H,12H2,1-2H3. The van der Waals surface area contributed by atoms with E-state index in [1.807, 2.05) is 49.4 Å². The summed E-state index contributed by atoms with van der Waals surface area (Å²) >= 11 is 0. The molecule has 3 rings (SSSR count). The second-order valence-corrected chi connectivity index (χ2v) is 5.15. The molecule has 3 aromatic rings. The third-order valence-corrected chi connectivity index (χ3v) is 3.31. The van der Waals surface area contributed by atoms with E-state index in [1.165, 1.54) is 11.1 Å². The molecular weight excluding hydrogens is 262 g/mol. The van der Waals surface area contributed by atoms with Gasteiger partial charge in [-0.05, 0) is 26.0 Å². The molecule has 1 aromatic heterocycles. The summed E-state index contributed by atoms with van der Waals surface area (Å²) in [5.41, 5.74) is 4.32. The lowest BCUT2D eigenvalue weighted by Crippen LogP contribution is -1.93. The van der Waals surface area contributed by atoms with Crippen LogP contribution in [0.2, 0.25) is 0 Å². The van der Waals surface area contributed by atoms with Gasteiger partial charge in [0.1, 0.15) is 18.1 Å². The molecule has 0 fully saturated rings. The number of nitrogens with zero attached hydrogens (tertiary/aromatic N) is 1. The van der Waals surface area contributed by atoms with Crippen LogP contribution in [-0.4, -0.2) is 5.16 Å². The Morgan fingerprint density at radius 2 is 1.52 bits per heavy atom. The van der Waals surface area contributed by atoms with E-state index in [4.69, 9.17) is 9.26 Å². The maximum Gasteiger partial charge on any atom is 0.174 e. The van der Waals surface area contributed by atoms with Gasteiger partial charge in [-0.15, -0.1) is 0 Å². The molecule has 0 amide bonds. The molecule has 3 heteroatoms. The lowest BCUT2D eigenvalue weighted by Gasteiger charge is -2.03. The normalized spacial score (nSPS) is 10.6. The van der Waals surface area contributed by atoms with Crippen LogP contribution in [0.25, 0.3) is 11.3 Å². The van der Waals surface area contributed by atoms with Crippen LogP contribution in [0.5, 0.6) is 5.75 Å². The van der Waals surface area contributed by atoms with Crippen molar-refractivity contribution in [3.8, 4) is 17.0 Å². The smallest absolute Gasteiger partial charge is 0.174 e. The molecule has 21 heavy (non-hydrogen) atoms. The van der Waals surface area contributed by atoms with Crippen LogP contribution in [0, 0.1) is 13.8 Å². The highest BCUT2D eigenvalue weighted by Crippen LogP contribution is 2.21. The van der Waals surface area contributed by atoms with Gasteiger partial charge in [0, 0.05) is 11.6 Å². The van der Waals surface area contributed by atoms with Crippen LogP contribution >= 0.6 is 0 Å². The second kappa shape index (κ2) is 5.83. The van der Waals surface area contributed by atoms with Gasteiger partial charge in [0.2, 0.25) is 0 Å². The van der Waals surface area contributed by atoms with Crippen LogP contribution in [-0.2, 0) is 6.61 Å². The predicted molar refractivity (Wildman–Crippen MR) is 82.2 cm³/mol. The minimum absolute atomic E-state index is 0.377. The van der Waals surface area contributed by atoms with Crippen molar-refractivity contribution < 1.29 is 9.26 Å². The predicted octanol–water partition coefficient (Wildman–Crippen LogP) is 4.54. The number of ether oxygens (including phenoxy) is 1. The van der Waals surface area contributed by atoms with E-state index in [1.54, 1.807) is 0 Å². The summed E-state index contributed by atoms with van der Waals surface area (Å²) in [6.45, 7) is 4.49. The highest BCUT2D eigenvalue weighted by molar-refractivity contribution is 5.59. The maximum atomic E-state index is 5.68. The monoisotopic (exact) mass is 279 g/mol. The lowest BCUT2D eigenvalue weighted by molar-refractivity contribution is 0.249. The first kappa shape index (κ1) is 13.4. The summed E-state index contributed by atoms with van der Waals surface area (Å²) < 4.78 is 11.0. The highest BCUT2D eigenvalue weighted by Gasteiger charge is 2.07. The van der Waals surface area contributed by atoms with Crippen LogP contribution in [0.4, 0.5) is 0 Å². The van der Waals surface area contributed by atoms with Crippen molar-refractivity contribution in [2.24, 2.45) is 0 Å². The Hall–Kier alpha value is -2.55. The summed E-state index contributed by atoms with van der Waals surface area (Å²) in [7, 11) is 0. The van der Waals surface area contributed by atoms with Crippen LogP contribution in [0.3, 0.4) is 0 Å². The summed E-state index contributed by atoms with van der Waals surface area (Å²) in [6, 6.07) is 18.1. The zero-order valence-corrected chi connectivity index (χ0v) is 12.2. The summed E-state index contributed by atoms with van der Waals surface area (Å²) in [6.07, 6.45) is 0. The minimum Gasteiger partial charge on any atom is -0.486 e. The lowest BCUT2D eigenvalue weighted by atomic mass is 10.1. The molecule has 0 aliphatic carbocycles. The molecule has 0 radical (unpaired) electrons. The van der Waals surface area contributed by atoms with Crippen molar-refractivity contribution in [3.63, 3.8) is 0 Å². The largest absolute Gasteiger partial charge is 0.486 e. The Kier molecular flexibility index (Phi) is 3.73. The van der Waals surface area contributed by atoms with Gasteiger partial charge in [-0.1, -0.05) is 52.7 Å². The molecule has 0 bridgehead atoms. The van der Waals surface area contributed by atoms with Crippen molar-refractivity contribution in [3.05, 3.63) is 71.5 Å². The van der Waals surface area contributed by atoms with E-state index in [2.05, 4.69) is 24.2 Å². The molecule has 0 atom stereocenters. The van der Waals surface area contributed by atoms with Gasteiger partial charge in [-0.2, -0.15) is 0 Å². The summed E-state index contributed by atoms with van der Waals surface area (Å²) in [4.78, 5) is 0. The third-order valence-electron chi connectivity index (χ3n) is 3.31. The zero-order valence-electron chi connectivity index (χ0n) is 12.2. The minimum atomic E-state index is 0.377. The quantitative estimate of drug-likeness (QED) is 0.703. The SMILES string of the molecule is Cc1ccc(OCc2cc(-c3ccc(C)cc3)no2)cc1. The Labute approximate surface area is 124 Å². The molecule has 0 saturated carbocycles. The molecule has 0 aliphatic heterocycles. The van der Waals surface area contributed by atoms with Gasteiger partial charge in [-0.3, -0.25) is 0 Å². The number of benzene rings is 2. The molecule has 106 valence electrons. The van der Waals surface area contributed by atoms with Gasteiger partial charge in [0.25, 0.3) is 0 Å². The molecule has 0 N–H and O–H groups in total. The third kappa shape index (κ3) is 3.31. The van der Waals surface area contributed by atoms with Gasteiger partial charge in [-0.25, -0.2) is 0 Å². The first-order chi connectivity index (χ1) is 10.2. The molecule has 0 spiro atoms. The molecule has 0 unspecified atom stereocenters. The van der Waals surface area contributed by atoms with Crippen molar-refractivity contribution >= 4 is 0 Å². The van der Waals surface area contributed by atoms with Crippen molar-refractivity contribution in [1.82, 2.24) is 5.16 Å². The summed E-state index contributed by atoms with van der Waals surface area (Å²) in [5, 5.41) is 4.09. The molecular formula is C18H17NO2. The van der Waals surface area contributed by atoms with E-state index in [-0.39, 0.29) is 0 Å². The fourth-order valence-electron chi connectivity index (χ4n) is 2.03. The van der Waals surface area contributed by atoms with Gasteiger partial charge in [0.15, 0.2) is 5.76 Å². The van der Waals surface area contributed by atoms with Crippen LogP contribution in [0.15, 0.2) is 59.1 Å². The fourth-order valence-corrected chi connectivity index (χ4v) is 2.03. The average molecular weight is 279 g/mol. The van der Waals surface area contributed by atoms with Gasteiger partial charge < -0.3 is 9.26 Å². The van der Waals surface area contributed by atoms with Crippen molar-refractivity contribution in [1.29, 1.82) is 0 Å². The Morgan fingerprint density at radius 3 is 2.19 bits per heavy atom. The van der Waals surface area contributed by atoms with E-state index in [0.717, 1.165) is 17.0 Å². The number of aryl methyl sites for hydroxylation is 2. The van der Waals surface area contributed by atoms with E-state index < -0.39 is 0 Å². The topological polar surface area (TPSA) is 35.3 Å². The molecule has 2 aromatic carbocycles. The van der Waals surface area contributed by atoms with E-state index in [0.29, 0.717) is 12.4 Å². The average Bonchev–Trinajstić information content (AvgIpc) is 2.96. The first-order valence-electron chi connectivity index (χ1n) is 6.93. The molecule has 1 heterocycles. The van der Waals surface area contributed by atoms with Crippen LogP contribution < -0.4 is 4.74 Å². The molecule has 0 saturated heterocycles. The number of rotatable bonds is 4.